The second-order valence-electron chi connectivity index (χ2n) is 5.59. The zero-order valence-electron chi connectivity index (χ0n) is 13.2. The number of carbonyl (C=O) groups is 1. The van der Waals surface area contributed by atoms with E-state index < -0.39 is 6.85 Å². The maximum Gasteiger partial charge on any atom is 0.434 e. The Morgan fingerprint density at radius 3 is 2.83 bits per heavy atom. The normalized spacial score (nSPS) is 14.3. The monoisotopic (exact) mass is 313 g/mol. The molecule has 2 aromatic rings. The van der Waals surface area contributed by atoms with Gasteiger partial charge in [-0.2, -0.15) is 5.10 Å². The Morgan fingerprint density at radius 2 is 2.17 bits per heavy atom. The highest BCUT2D eigenvalue weighted by Gasteiger charge is 2.41. The summed E-state index contributed by atoms with van der Waals surface area (Å²) in [7, 11) is 0. The Hall–Kier alpha value is -2.22. The number of nitrogens with one attached hydrogen (secondary N) is 1. The highest BCUT2D eigenvalue weighted by Crippen LogP contribution is 2.13. The summed E-state index contributed by atoms with van der Waals surface area (Å²) in [6.45, 7) is 3.77. The fourth-order valence-electron chi connectivity index (χ4n) is 2.46. The molecule has 1 aliphatic rings. The van der Waals surface area contributed by atoms with Gasteiger partial charge in [-0.05, 0) is 38.1 Å². The van der Waals surface area contributed by atoms with Crippen molar-refractivity contribution in [3.8, 4) is 11.4 Å². The molecule has 0 unspecified atom stereocenters. The Balaban J connectivity index is 1.77. The number of rotatable bonds is 7. The van der Waals surface area contributed by atoms with Gasteiger partial charge in [0.25, 0.3) is 5.87 Å². The Morgan fingerprint density at radius 1 is 1.39 bits per heavy atom. The highest BCUT2D eigenvalue weighted by atomic mass is 16.5. The second kappa shape index (κ2) is 7.37. The van der Waals surface area contributed by atoms with Crippen LogP contribution in [0.25, 0.3) is 11.4 Å². The molecule has 1 saturated heterocycles. The Kier molecular flexibility index (Phi) is 5.02. The second-order valence-corrected chi connectivity index (χ2v) is 5.59. The number of ether oxygens (including phenoxy) is 1. The van der Waals surface area contributed by atoms with Crippen LogP contribution in [-0.4, -0.2) is 57.4 Å². The van der Waals surface area contributed by atoms with Crippen LogP contribution in [0.4, 0.5) is 4.79 Å². The fourth-order valence-corrected chi connectivity index (χ4v) is 2.46. The molecule has 0 aliphatic carbocycles. The quantitative estimate of drug-likeness (QED) is 0.612. The predicted octanol–water partition coefficient (Wildman–Crippen LogP) is 1.29. The molecule has 3 heterocycles. The average molecular weight is 313 g/mol. The molecular formula is C15H20BN5O2. The molecule has 0 spiro atoms. The van der Waals surface area contributed by atoms with E-state index in [0.717, 1.165) is 37.9 Å². The molecule has 3 rings (SSSR count). The molecule has 2 aromatic heterocycles. The van der Waals surface area contributed by atoms with E-state index >= 15 is 0 Å². The third-order valence-electron chi connectivity index (χ3n) is 3.92. The van der Waals surface area contributed by atoms with E-state index in [1.165, 1.54) is 0 Å². The number of hydrogen-bond donors (Lipinski definition) is 1. The van der Waals surface area contributed by atoms with Gasteiger partial charge in [0.2, 0.25) is 0 Å². The fraction of sp³-hybridized carbons (Fsp3) is 0.467. The van der Waals surface area contributed by atoms with Crippen molar-refractivity contribution in [2.24, 2.45) is 0 Å². The average Bonchev–Trinajstić information content (AvgIpc) is 3.01. The molecule has 120 valence electrons. The number of pyridine rings is 1. The largest absolute Gasteiger partial charge is 0.472 e. The van der Waals surface area contributed by atoms with Crippen molar-refractivity contribution in [1.29, 1.82) is 0 Å². The van der Waals surface area contributed by atoms with Gasteiger partial charge in [-0.15, -0.1) is 0 Å². The lowest BCUT2D eigenvalue weighted by Gasteiger charge is -2.33. The third-order valence-corrected chi connectivity index (χ3v) is 3.92. The number of hydrogen-bond acceptors (Lipinski definition) is 6. The van der Waals surface area contributed by atoms with Gasteiger partial charge >= 0.3 is 6.85 Å². The van der Waals surface area contributed by atoms with E-state index in [4.69, 9.17) is 4.74 Å². The van der Waals surface area contributed by atoms with Gasteiger partial charge < -0.3 is 9.55 Å². The lowest BCUT2D eigenvalue weighted by Crippen LogP contribution is -2.60. The van der Waals surface area contributed by atoms with Crippen molar-refractivity contribution in [3.63, 3.8) is 0 Å². The van der Waals surface area contributed by atoms with Crippen LogP contribution in [0.15, 0.2) is 24.5 Å². The molecule has 0 bridgehead atoms. The molecule has 1 fully saturated rings. The smallest absolute Gasteiger partial charge is 0.434 e. The number of nitrogens with zero attached hydrogens (tertiary/aromatic N) is 4. The maximum absolute atomic E-state index is 12.4. The first-order valence-electron chi connectivity index (χ1n) is 8.03. The van der Waals surface area contributed by atoms with Gasteiger partial charge in [-0.3, -0.25) is 14.9 Å². The van der Waals surface area contributed by atoms with Crippen LogP contribution in [0.3, 0.4) is 0 Å². The maximum atomic E-state index is 12.4. The van der Waals surface area contributed by atoms with Crippen molar-refractivity contribution >= 4 is 18.4 Å². The molecule has 0 saturated carbocycles. The van der Waals surface area contributed by atoms with Crippen LogP contribution in [0, 0.1) is 0 Å². The first-order chi connectivity index (χ1) is 11.3. The zero-order valence-corrected chi connectivity index (χ0v) is 13.2. The van der Waals surface area contributed by atoms with Gasteiger partial charge in [-0.1, -0.05) is 13.3 Å². The summed E-state index contributed by atoms with van der Waals surface area (Å²) in [5.41, 5.74) is 1.40. The number of aromatic amines is 1. The van der Waals surface area contributed by atoms with E-state index in [1.807, 2.05) is 12.1 Å². The van der Waals surface area contributed by atoms with E-state index in [1.54, 1.807) is 12.4 Å². The Bertz CT molecular complexity index is 644. The molecule has 0 amide bonds. The van der Waals surface area contributed by atoms with Gasteiger partial charge in [0.15, 0.2) is 5.82 Å². The first-order valence-corrected chi connectivity index (χ1v) is 8.03. The van der Waals surface area contributed by atoms with Crippen LogP contribution in [0.5, 0.6) is 0 Å². The van der Waals surface area contributed by atoms with E-state index in [0.29, 0.717) is 18.2 Å². The molecule has 8 heteroatoms. The highest BCUT2D eigenvalue weighted by molar-refractivity contribution is 6.95. The van der Waals surface area contributed by atoms with Crippen LogP contribution >= 0.6 is 0 Å². The summed E-state index contributed by atoms with van der Waals surface area (Å²) in [6, 6.07) is 3.68. The van der Waals surface area contributed by atoms with Gasteiger partial charge in [0.05, 0.1) is 6.61 Å². The summed E-state index contributed by atoms with van der Waals surface area (Å²) in [4.78, 5) is 23.0. The molecule has 23 heavy (non-hydrogen) atoms. The minimum absolute atomic E-state index is 0.254. The first kappa shape index (κ1) is 15.7. The lowest BCUT2D eigenvalue weighted by molar-refractivity contribution is 0.165. The summed E-state index contributed by atoms with van der Waals surface area (Å²) in [5, 5.41) is 7.13. The van der Waals surface area contributed by atoms with Gasteiger partial charge in [-0.25, -0.2) is 4.98 Å². The summed E-state index contributed by atoms with van der Waals surface area (Å²) >= 11 is 0. The molecule has 0 atom stereocenters. The number of unbranched alkanes of at least 4 members (excludes halogenated alkanes) is 1. The molecular weight excluding hydrogens is 293 g/mol. The summed E-state index contributed by atoms with van der Waals surface area (Å²) < 4.78 is 5.39. The van der Waals surface area contributed by atoms with Crippen molar-refractivity contribution in [3.05, 3.63) is 24.5 Å². The molecule has 0 radical (unpaired) electrons. The lowest BCUT2D eigenvalue weighted by atomic mass is 9.57. The minimum Gasteiger partial charge on any atom is -0.472 e. The number of aromatic nitrogens is 4. The summed E-state index contributed by atoms with van der Waals surface area (Å²) in [6.07, 6.45) is 6.34. The van der Waals surface area contributed by atoms with E-state index in [-0.39, 0.29) is 5.87 Å². The van der Waals surface area contributed by atoms with Crippen molar-refractivity contribution in [2.45, 2.75) is 26.2 Å². The molecule has 0 aromatic carbocycles. The van der Waals surface area contributed by atoms with Crippen LogP contribution in [-0.2, 0) is 4.74 Å². The van der Waals surface area contributed by atoms with E-state index in [9.17, 15) is 4.79 Å². The van der Waals surface area contributed by atoms with Crippen LogP contribution in [0.2, 0.25) is 0 Å². The van der Waals surface area contributed by atoms with Gasteiger partial charge in [0.1, 0.15) is 5.72 Å². The van der Waals surface area contributed by atoms with Crippen LogP contribution in [0.1, 0.15) is 26.2 Å². The Labute approximate surface area is 135 Å². The standard InChI is InChI=1S/C15H20BN5O2/c1-2-3-11-23-15(22)16(21-9-4-10-21)14-18-13(19-20-14)12-5-7-17-8-6-12/h5-8H,2-4,9-11H2,1H3,(H,18,19,20). The molecule has 1 aliphatic heterocycles. The van der Waals surface area contributed by atoms with E-state index in [2.05, 4.69) is 31.9 Å². The van der Waals surface area contributed by atoms with Gasteiger partial charge in [0, 0.05) is 18.0 Å². The predicted molar refractivity (Wildman–Crippen MR) is 87.4 cm³/mol. The molecule has 1 N–H and O–H groups in total. The third kappa shape index (κ3) is 3.58. The van der Waals surface area contributed by atoms with Crippen LogP contribution < -0.4 is 5.72 Å². The zero-order chi connectivity index (χ0) is 16.1. The topological polar surface area (TPSA) is 84.0 Å². The SMILES string of the molecule is CCCCOC(=O)B(c1nc(-c2ccncc2)n[nH]1)N1CCC1. The van der Waals surface area contributed by atoms with Crippen molar-refractivity contribution < 1.29 is 9.53 Å². The molecule has 7 nitrogen and oxygen atoms in total. The number of carbonyl (C=O) groups excluding carboxylic acids is 1. The number of H-pyrrole nitrogens is 1. The van der Waals surface area contributed by atoms with Crippen molar-refractivity contribution in [2.75, 3.05) is 19.7 Å². The van der Waals surface area contributed by atoms with Crippen molar-refractivity contribution in [1.82, 2.24) is 25.0 Å². The summed E-state index contributed by atoms with van der Waals surface area (Å²) in [5.74, 6) is 0.310. The minimum atomic E-state index is -0.497.